The molecule has 1 heterocycles. The fourth-order valence-electron chi connectivity index (χ4n) is 2.99. The molecule has 3 N–H and O–H groups in total. The predicted molar refractivity (Wildman–Crippen MR) is 60.9 cm³/mol. The van der Waals surface area contributed by atoms with Crippen molar-refractivity contribution in [3.63, 3.8) is 0 Å². The molecule has 1 aliphatic carbocycles. The fraction of sp³-hybridized carbons (Fsp3) is 0.833. The molecule has 3 heteroatoms. The molecular formula is C12H22N2O. The summed E-state index contributed by atoms with van der Waals surface area (Å²) < 4.78 is 5.40. The van der Waals surface area contributed by atoms with Crippen LogP contribution in [0.15, 0.2) is 11.8 Å². The Morgan fingerprint density at radius 3 is 2.87 bits per heavy atom. The van der Waals surface area contributed by atoms with E-state index >= 15 is 0 Å². The van der Waals surface area contributed by atoms with Crippen LogP contribution in [0.2, 0.25) is 0 Å². The van der Waals surface area contributed by atoms with E-state index in [4.69, 9.17) is 10.6 Å². The highest BCUT2D eigenvalue weighted by atomic mass is 16.5. The zero-order valence-corrected chi connectivity index (χ0v) is 9.54. The second kappa shape index (κ2) is 4.99. The maximum Gasteiger partial charge on any atom is 0.0876 e. The summed E-state index contributed by atoms with van der Waals surface area (Å²) in [5, 5.41) is 0. The van der Waals surface area contributed by atoms with Gasteiger partial charge < -0.3 is 4.74 Å². The highest BCUT2D eigenvalue weighted by Crippen LogP contribution is 2.36. The number of hydrazine groups is 1. The molecule has 0 aromatic carbocycles. The van der Waals surface area contributed by atoms with Crippen molar-refractivity contribution in [1.29, 1.82) is 0 Å². The summed E-state index contributed by atoms with van der Waals surface area (Å²) >= 11 is 0. The molecular weight excluding hydrogens is 188 g/mol. The van der Waals surface area contributed by atoms with E-state index in [9.17, 15) is 0 Å². The van der Waals surface area contributed by atoms with Crippen LogP contribution >= 0.6 is 0 Å². The van der Waals surface area contributed by atoms with Gasteiger partial charge in [0.1, 0.15) is 0 Å². The van der Waals surface area contributed by atoms with Crippen LogP contribution in [0.4, 0.5) is 0 Å². The molecule has 0 saturated heterocycles. The Morgan fingerprint density at radius 1 is 1.47 bits per heavy atom. The maximum atomic E-state index is 5.70. The molecule has 0 bridgehead atoms. The average molecular weight is 210 g/mol. The largest absolute Gasteiger partial charge is 0.501 e. The molecule has 0 spiro atoms. The van der Waals surface area contributed by atoms with Gasteiger partial charge in [0, 0.05) is 6.04 Å². The minimum atomic E-state index is 0.336. The molecule has 1 aliphatic heterocycles. The van der Waals surface area contributed by atoms with E-state index in [0.717, 1.165) is 25.4 Å². The molecule has 0 aromatic rings. The van der Waals surface area contributed by atoms with Gasteiger partial charge in [0.2, 0.25) is 0 Å². The zero-order chi connectivity index (χ0) is 10.7. The Bertz CT molecular complexity index is 240. The van der Waals surface area contributed by atoms with E-state index in [2.05, 4.69) is 12.3 Å². The van der Waals surface area contributed by atoms with Crippen LogP contribution in [0.5, 0.6) is 0 Å². The third kappa shape index (κ3) is 2.34. The summed E-state index contributed by atoms with van der Waals surface area (Å²) in [6, 6.07) is 0.336. The first-order chi connectivity index (χ1) is 7.33. The maximum absolute atomic E-state index is 5.70. The molecule has 0 radical (unpaired) electrons. The van der Waals surface area contributed by atoms with Crippen molar-refractivity contribution < 1.29 is 4.74 Å². The van der Waals surface area contributed by atoms with Gasteiger partial charge in [-0.05, 0) is 36.7 Å². The van der Waals surface area contributed by atoms with E-state index in [1.165, 1.54) is 24.8 Å². The molecule has 0 amide bonds. The van der Waals surface area contributed by atoms with Crippen molar-refractivity contribution in [1.82, 2.24) is 5.43 Å². The van der Waals surface area contributed by atoms with Crippen LogP contribution in [0.1, 0.15) is 39.0 Å². The van der Waals surface area contributed by atoms with Gasteiger partial charge in [-0.2, -0.15) is 0 Å². The zero-order valence-electron chi connectivity index (χ0n) is 9.54. The molecule has 1 fully saturated rings. The third-order valence-electron chi connectivity index (χ3n) is 3.90. The summed E-state index contributed by atoms with van der Waals surface area (Å²) in [7, 11) is 0. The van der Waals surface area contributed by atoms with Gasteiger partial charge in [-0.1, -0.05) is 19.8 Å². The van der Waals surface area contributed by atoms with E-state index in [-0.39, 0.29) is 0 Å². The van der Waals surface area contributed by atoms with E-state index in [0.29, 0.717) is 12.0 Å². The molecule has 3 unspecified atom stereocenters. The molecule has 86 valence electrons. The molecule has 3 nitrogen and oxygen atoms in total. The van der Waals surface area contributed by atoms with E-state index < -0.39 is 0 Å². The minimum Gasteiger partial charge on any atom is -0.501 e. The van der Waals surface area contributed by atoms with Gasteiger partial charge in [-0.3, -0.25) is 11.3 Å². The van der Waals surface area contributed by atoms with Crippen molar-refractivity contribution in [2.75, 3.05) is 6.61 Å². The lowest BCUT2D eigenvalue weighted by molar-refractivity contribution is 0.209. The highest BCUT2D eigenvalue weighted by molar-refractivity contribution is 5.12. The number of nitrogens with one attached hydrogen (secondary N) is 1. The number of rotatable bonds is 3. The van der Waals surface area contributed by atoms with Gasteiger partial charge >= 0.3 is 0 Å². The van der Waals surface area contributed by atoms with Gasteiger partial charge in [-0.15, -0.1) is 0 Å². The third-order valence-corrected chi connectivity index (χ3v) is 3.90. The van der Waals surface area contributed by atoms with Crippen molar-refractivity contribution in [2.45, 2.75) is 45.1 Å². The van der Waals surface area contributed by atoms with Gasteiger partial charge in [0.05, 0.1) is 12.9 Å². The first-order valence-electron chi connectivity index (χ1n) is 6.09. The lowest BCUT2D eigenvalue weighted by atomic mass is 9.84. The molecule has 3 atom stereocenters. The van der Waals surface area contributed by atoms with Crippen LogP contribution in [0.25, 0.3) is 0 Å². The van der Waals surface area contributed by atoms with Crippen LogP contribution in [0.3, 0.4) is 0 Å². The number of ether oxygens (including phenoxy) is 1. The standard InChI is InChI=1S/C12H22N2O/c1-9-4-2-6-11(9)12(14-13)10-5-3-7-15-8-10/h8-9,11-12,14H,2-7,13H2,1H3. The van der Waals surface area contributed by atoms with Crippen molar-refractivity contribution in [3.8, 4) is 0 Å². The summed E-state index contributed by atoms with van der Waals surface area (Å²) in [5.74, 6) is 7.18. The molecule has 0 aromatic heterocycles. The topological polar surface area (TPSA) is 47.3 Å². The fourth-order valence-corrected chi connectivity index (χ4v) is 2.99. The lowest BCUT2D eigenvalue weighted by Gasteiger charge is -2.30. The van der Waals surface area contributed by atoms with Crippen LogP contribution in [0, 0.1) is 11.8 Å². The SMILES string of the molecule is CC1CCCC1C(NN)C1=COCCC1. The van der Waals surface area contributed by atoms with Crippen LogP contribution < -0.4 is 11.3 Å². The van der Waals surface area contributed by atoms with E-state index in [1.807, 2.05) is 6.26 Å². The molecule has 2 rings (SSSR count). The lowest BCUT2D eigenvalue weighted by Crippen LogP contribution is -2.43. The Balaban J connectivity index is 2.05. The smallest absolute Gasteiger partial charge is 0.0876 e. The van der Waals surface area contributed by atoms with Crippen molar-refractivity contribution >= 4 is 0 Å². The summed E-state index contributed by atoms with van der Waals surface area (Å²) in [6.45, 7) is 3.20. The van der Waals surface area contributed by atoms with Gasteiger partial charge in [0.25, 0.3) is 0 Å². The molecule has 2 aliphatic rings. The van der Waals surface area contributed by atoms with E-state index in [1.54, 1.807) is 0 Å². The second-order valence-electron chi connectivity index (χ2n) is 4.88. The summed E-state index contributed by atoms with van der Waals surface area (Å²) in [5.41, 5.74) is 4.36. The average Bonchev–Trinajstić information content (AvgIpc) is 2.68. The summed E-state index contributed by atoms with van der Waals surface area (Å²) in [4.78, 5) is 0. The van der Waals surface area contributed by atoms with Gasteiger partial charge in [0.15, 0.2) is 0 Å². The highest BCUT2D eigenvalue weighted by Gasteiger charge is 2.32. The minimum absolute atomic E-state index is 0.336. The molecule has 1 saturated carbocycles. The Morgan fingerprint density at radius 2 is 2.33 bits per heavy atom. The quantitative estimate of drug-likeness (QED) is 0.553. The predicted octanol–water partition coefficient (Wildman–Crippen LogP) is 1.95. The Hall–Kier alpha value is -0.540. The Kier molecular flexibility index (Phi) is 3.65. The van der Waals surface area contributed by atoms with Crippen molar-refractivity contribution in [3.05, 3.63) is 11.8 Å². The second-order valence-corrected chi connectivity index (χ2v) is 4.88. The monoisotopic (exact) mass is 210 g/mol. The summed E-state index contributed by atoms with van der Waals surface area (Å²) in [6.07, 6.45) is 8.19. The Labute approximate surface area is 92.0 Å². The van der Waals surface area contributed by atoms with Crippen LogP contribution in [-0.2, 0) is 4.74 Å². The normalized spacial score (nSPS) is 33.3. The number of nitrogens with two attached hydrogens (primary N) is 1. The van der Waals surface area contributed by atoms with Crippen LogP contribution in [-0.4, -0.2) is 12.6 Å². The first-order valence-corrected chi connectivity index (χ1v) is 6.09. The van der Waals surface area contributed by atoms with Crippen molar-refractivity contribution in [2.24, 2.45) is 17.7 Å². The first kappa shape index (κ1) is 11.0. The van der Waals surface area contributed by atoms with Gasteiger partial charge in [-0.25, -0.2) is 0 Å². The number of hydrogen-bond donors (Lipinski definition) is 2. The molecule has 15 heavy (non-hydrogen) atoms. The number of hydrogen-bond acceptors (Lipinski definition) is 3.